The summed E-state index contributed by atoms with van der Waals surface area (Å²) in [6, 6.07) is 4.97. The largest absolute Gasteiger partial charge is 0.444 e. The lowest BCUT2D eigenvalue weighted by Gasteiger charge is -2.32. The Kier molecular flexibility index (Phi) is 21.1. The molecule has 1 aromatic heterocycles. The number of hydrogen-bond acceptors (Lipinski definition) is 12. The summed E-state index contributed by atoms with van der Waals surface area (Å²) in [7, 11) is 0. The number of aromatic amines is 1. The molecular weight excluding hydrogens is 853 g/mol. The minimum absolute atomic E-state index is 0.00386. The van der Waals surface area contributed by atoms with Crippen LogP contribution in [-0.2, 0) is 56.0 Å². The highest BCUT2D eigenvalue weighted by Gasteiger charge is 2.35. The Bertz CT molecular complexity index is 1900. The van der Waals surface area contributed by atoms with Crippen LogP contribution in [0.3, 0.4) is 0 Å². The maximum absolute atomic E-state index is 14.3. The third-order valence-electron chi connectivity index (χ3n) is 11.8. The zero-order chi connectivity index (χ0) is 48.2. The molecular formula is C47H70N8O11. The quantitative estimate of drug-likeness (QED) is 0.0557. The Hall–Kier alpha value is -5.85. The van der Waals surface area contributed by atoms with Crippen LogP contribution in [0, 0.1) is 11.8 Å². The van der Waals surface area contributed by atoms with Gasteiger partial charge in [-0.15, -0.1) is 5.06 Å². The van der Waals surface area contributed by atoms with E-state index < -0.39 is 89.8 Å². The molecule has 1 aromatic carbocycles. The molecule has 1 aliphatic heterocycles. The number of imidazole rings is 1. The second-order valence-electron chi connectivity index (χ2n) is 18.4. The number of unbranched alkanes of at least 4 members (excludes halogenated alkanes) is 2. The van der Waals surface area contributed by atoms with Crippen molar-refractivity contribution in [3.63, 3.8) is 0 Å². The summed E-state index contributed by atoms with van der Waals surface area (Å²) in [4.78, 5) is 116. The molecule has 19 heteroatoms. The van der Waals surface area contributed by atoms with Gasteiger partial charge in [0, 0.05) is 50.5 Å². The zero-order valence-corrected chi connectivity index (χ0v) is 39.0. The van der Waals surface area contributed by atoms with Gasteiger partial charge >= 0.3 is 12.1 Å². The first kappa shape index (κ1) is 52.8. The van der Waals surface area contributed by atoms with Crippen molar-refractivity contribution in [1.82, 2.24) is 41.6 Å². The number of aromatic nitrogens is 2. The topological polar surface area (TPSA) is 267 Å². The molecule has 6 atom stereocenters. The highest BCUT2D eigenvalue weighted by Crippen LogP contribution is 2.29. The van der Waals surface area contributed by atoms with Gasteiger partial charge in [0.05, 0.1) is 24.9 Å². The van der Waals surface area contributed by atoms with Gasteiger partial charge in [0.25, 0.3) is 11.8 Å². The smallest absolute Gasteiger partial charge is 0.408 e. The third kappa shape index (κ3) is 18.2. The molecule has 2 aromatic rings. The number of nitrogens with zero attached hydrogens (tertiary/aromatic N) is 2. The fraction of sp³-hybridized carbons (Fsp3) is 0.638. The van der Waals surface area contributed by atoms with Gasteiger partial charge in [0.2, 0.25) is 23.6 Å². The van der Waals surface area contributed by atoms with Gasteiger partial charge < -0.3 is 46.2 Å². The molecule has 2 heterocycles. The van der Waals surface area contributed by atoms with Gasteiger partial charge in [-0.25, -0.2) is 14.6 Å². The predicted molar refractivity (Wildman–Crippen MR) is 241 cm³/mol. The van der Waals surface area contributed by atoms with E-state index in [-0.39, 0.29) is 50.5 Å². The number of H-pyrrole nitrogens is 1. The highest BCUT2D eigenvalue weighted by atomic mass is 16.7. The van der Waals surface area contributed by atoms with Crippen molar-refractivity contribution < 1.29 is 53.0 Å². The van der Waals surface area contributed by atoms with E-state index in [1.807, 2.05) is 44.2 Å². The molecule has 7 N–H and O–H groups in total. The molecule has 364 valence electrons. The van der Waals surface area contributed by atoms with E-state index in [4.69, 9.17) is 9.57 Å². The van der Waals surface area contributed by atoms with Crippen LogP contribution in [0.4, 0.5) is 4.79 Å². The molecule has 0 spiro atoms. The lowest BCUT2D eigenvalue weighted by atomic mass is 9.83. The molecule has 2 aliphatic rings. The molecule has 19 nitrogen and oxygen atoms in total. The van der Waals surface area contributed by atoms with E-state index in [2.05, 4.69) is 36.6 Å². The normalized spacial score (nSPS) is 17.1. The molecule has 2 fully saturated rings. The summed E-state index contributed by atoms with van der Waals surface area (Å²) in [6.07, 6.45) is 7.76. The number of rotatable bonds is 25. The van der Waals surface area contributed by atoms with E-state index in [0.717, 1.165) is 37.7 Å². The van der Waals surface area contributed by atoms with E-state index >= 15 is 0 Å². The first-order valence-electron chi connectivity index (χ1n) is 23.4. The summed E-state index contributed by atoms with van der Waals surface area (Å²) >= 11 is 0. The number of hydrogen-bond donors (Lipinski definition) is 7. The van der Waals surface area contributed by atoms with E-state index in [1.54, 1.807) is 20.8 Å². The number of aliphatic hydroxyl groups excluding tert-OH is 1. The van der Waals surface area contributed by atoms with Crippen LogP contribution in [0.15, 0.2) is 42.9 Å². The number of carbonyl (C=O) groups is 8. The van der Waals surface area contributed by atoms with Crippen molar-refractivity contribution in [3.05, 3.63) is 54.1 Å². The molecule has 1 saturated carbocycles. The number of imide groups is 1. The van der Waals surface area contributed by atoms with Gasteiger partial charge in [-0.3, -0.25) is 28.8 Å². The van der Waals surface area contributed by atoms with E-state index in [0.29, 0.717) is 42.9 Å². The first-order valence-corrected chi connectivity index (χ1v) is 23.4. The second kappa shape index (κ2) is 26.3. The molecule has 4 rings (SSSR count). The maximum atomic E-state index is 14.3. The van der Waals surface area contributed by atoms with Crippen molar-refractivity contribution in [1.29, 1.82) is 0 Å². The number of aliphatic hydroxyl groups is 1. The van der Waals surface area contributed by atoms with Crippen molar-refractivity contribution >= 4 is 47.5 Å². The average Bonchev–Trinajstić information content (AvgIpc) is 3.91. The van der Waals surface area contributed by atoms with Crippen LogP contribution in [0.1, 0.15) is 136 Å². The van der Waals surface area contributed by atoms with Gasteiger partial charge in [-0.1, -0.05) is 89.1 Å². The Morgan fingerprint density at radius 2 is 1.53 bits per heavy atom. The number of amides is 7. The fourth-order valence-electron chi connectivity index (χ4n) is 7.95. The van der Waals surface area contributed by atoms with Crippen LogP contribution < -0.4 is 26.6 Å². The van der Waals surface area contributed by atoms with Crippen molar-refractivity contribution in [2.45, 2.75) is 173 Å². The first-order chi connectivity index (χ1) is 31.4. The van der Waals surface area contributed by atoms with Crippen molar-refractivity contribution in [3.8, 4) is 0 Å². The molecule has 1 unspecified atom stereocenters. The lowest BCUT2D eigenvalue weighted by Crippen LogP contribution is -2.58. The van der Waals surface area contributed by atoms with E-state index in [9.17, 15) is 43.5 Å². The van der Waals surface area contributed by atoms with Gasteiger partial charge in [-0.2, -0.15) is 0 Å². The van der Waals surface area contributed by atoms with Crippen molar-refractivity contribution in [2.75, 3.05) is 6.54 Å². The Morgan fingerprint density at radius 3 is 2.17 bits per heavy atom. The van der Waals surface area contributed by atoms with Crippen LogP contribution in [0.25, 0.3) is 0 Å². The Labute approximate surface area is 387 Å². The standard InChI is InChI=1S/C47H70N8O11/c1-6-30(2)42(45(63)49-23-15-9-14-20-41(60)66-55-39(58)21-22-40(55)59)54-38(57)27-37(56)34(24-31-16-10-7-11-17-31)51-44(62)36(26-33-28-48-29-50-33)52-43(61)35(25-32-18-12-8-13-19-32)53-46(64)65-47(3,4)5/h8,12-13,18-19,28-31,34-37,42,56H,6-7,9-11,14-17,20-27H2,1-5H3,(H,48,50)(H,49,63)(H,51,62)(H,52,61)(H,53,64)(H,54,57)/t30?,34-,35-,36-,37-,42-/m0/s1. The molecule has 0 bridgehead atoms. The number of ether oxygens (including phenoxy) is 1. The van der Waals surface area contributed by atoms with Gasteiger partial charge in [-0.05, 0) is 57.4 Å². The van der Waals surface area contributed by atoms with Crippen LogP contribution in [0.5, 0.6) is 0 Å². The number of alkyl carbamates (subject to hydrolysis) is 1. The van der Waals surface area contributed by atoms with Gasteiger partial charge in [0.15, 0.2) is 0 Å². The molecule has 0 radical (unpaired) electrons. The van der Waals surface area contributed by atoms with Gasteiger partial charge in [0.1, 0.15) is 23.7 Å². The highest BCUT2D eigenvalue weighted by molar-refractivity contribution is 6.01. The maximum Gasteiger partial charge on any atom is 0.408 e. The van der Waals surface area contributed by atoms with Crippen LogP contribution in [-0.4, -0.2) is 110 Å². The van der Waals surface area contributed by atoms with Crippen LogP contribution in [0.2, 0.25) is 0 Å². The monoisotopic (exact) mass is 923 g/mol. The Morgan fingerprint density at radius 1 is 0.864 bits per heavy atom. The number of carbonyl (C=O) groups excluding carboxylic acids is 8. The Balaban J connectivity index is 1.40. The van der Waals surface area contributed by atoms with E-state index in [1.165, 1.54) is 12.5 Å². The average molecular weight is 923 g/mol. The number of hydroxylamine groups is 2. The summed E-state index contributed by atoms with van der Waals surface area (Å²) in [6.45, 7) is 9.10. The minimum Gasteiger partial charge on any atom is -0.444 e. The van der Waals surface area contributed by atoms with Crippen molar-refractivity contribution in [2.24, 2.45) is 11.8 Å². The summed E-state index contributed by atoms with van der Waals surface area (Å²) in [5, 5.41) is 26.3. The molecule has 1 aliphatic carbocycles. The SMILES string of the molecule is CCC(C)[C@H](NC(=O)C[C@H](O)[C@H](CC1CCCCC1)NC(=O)[C@H](Cc1cnc[nH]1)NC(=O)[C@H](Cc1ccccc1)NC(=O)OC(C)(C)C)C(=O)NCCCCCC(=O)ON1C(=O)CCC1=O. The summed E-state index contributed by atoms with van der Waals surface area (Å²) < 4.78 is 5.46. The van der Waals surface area contributed by atoms with Crippen LogP contribution >= 0.6 is 0 Å². The lowest BCUT2D eigenvalue weighted by molar-refractivity contribution is -0.197. The fourth-order valence-corrected chi connectivity index (χ4v) is 7.95. The molecule has 66 heavy (non-hydrogen) atoms. The summed E-state index contributed by atoms with van der Waals surface area (Å²) in [5.74, 6) is -4.13. The zero-order valence-electron chi connectivity index (χ0n) is 39.0. The second-order valence-corrected chi connectivity index (χ2v) is 18.4. The number of benzene rings is 1. The number of nitrogens with one attached hydrogen (secondary N) is 6. The third-order valence-corrected chi connectivity index (χ3v) is 11.8. The molecule has 1 saturated heterocycles. The minimum atomic E-state index is -1.35. The molecule has 7 amide bonds. The predicted octanol–water partition coefficient (Wildman–Crippen LogP) is 3.59. The summed E-state index contributed by atoms with van der Waals surface area (Å²) in [5.41, 5.74) is 0.471.